The molecule has 5 rings (SSSR count). The van der Waals surface area contributed by atoms with Crippen molar-refractivity contribution in [3.63, 3.8) is 0 Å². The molecule has 0 radical (unpaired) electrons. The van der Waals surface area contributed by atoms with Gasteiger partial charge in [0.25, 0.3) is 0 Å². The molecule has 1 atom stereocenters. The molecule has 3 aromatic carbocycles. The van der Waals surface area contributed by atoms with Crippen LogP contribution in [0.3, 0.4) is 0 Å². The van der Waals surface area contributed by atoms with E-state index in [2.05, 4.69) is 92.4 Å². The zero-order valence-corrected chi connectivity index (χ0v) is 15.8. The molecule has 130 valence electrons. The third-order valence-corrected chi connectivity index (χ3v) is 5.95. The predicted octanol–water partition coefficient (Wildman–Crippen LogP) is 6.27. The van der Waals surface area contributed by atoms with E-state index in [1.807, 2.05) is 0 Å². The molecule has 0 bridgehead atoms. The predicted molar refractivity (Wildman–Crippen MR) is 110 cm³/mol. The van der Waals surface area contributed by atoms with Crippen LogP contribution in [0.2, 0.25) is 0 Å². The minimum absolute atomic E-state index is 0.203. The molecular formula is C25H25N. The van der Waals surface area contributed by atoms with E-state index in [1.54, 1.807) is 0 Å². The van der Waals surface area contributed by atoms with Gasteiger partial charge in [0.15, 0.2) is 0 Å². The average Bonchev–Trinajstić information content (AvgIpc) is 3.16. The molecule has 2 heterocycles. The number of rotatable bonds is 1. The summed E-state index contributed by atoms with van der Waals surface area (Å²) in [4.78, 5) is 2.55. The summed E-state index contributed by atoms with van der Waals surface area (Å²) in [7, 11) is 0. The molecule has 3 aromatic rings. The van der Waals surface area contributed by atoms with Gasteiger partial charge in [0.2, 0.25) is 0 Å². The van der Waals surface area contributed by atoms with Crippen molar-refractivity contribution in [2.75, 3.05) is 4.90 Å². The molecule has 1 heteroatoms. The van der Waals surface area contributed by atoms with Gasteiger partial charge in [0, 0.05) is 17.4 Å². The Morgan fingerprint density at radius 2 is 1.38 bits per heavy atom. The maximum Gasteiger partial charge on any atom is 0.0447 e. The molecule has 0 saturated carbocycles. The van der Waals surface area contributed by atoms with Gasteiger partial charge in [-0.15, -0.1) is 0 Å². The van der Waals surface area contributed by atoms with Crippen molar-refractivity contribution >= 4 is 11.4 Å². The van der Waals surface area contributed by atoms with Gasteiger partial charge in [-0.3, -0.25) is 0 Å². The van der Waals surface area contributed by atoms with E-state index >= 15 is 0 Å². The lowest BCUT2D eigenvalue weighted by atomic mass is 9.86. The monoisotopic (exact) mass is 339 g/mol. The quantitative estimate of drug-likeness (QED) is 0.505. The van der Waals surface area contributed by atoms with Crippen LogP contribution in [0.5, 0.6) is 0 Å². The zero-order valence-electron chi connectivity index (χ0n) is 15.8. The van der Waals surface area contributed by atoms with Crippen molar-refractivity contribution in [3.8, 4) is 11.1 Å². The van der Waals surface area contributed by atoms with Crippen molar-refractivity contribution in [1.82, 2.24) is 0 Å². The highest BCUT2D eigenvalue weighted by atomic mass is 15.2. The Balaban J connectivity index is 1.50. The fourth-order valence-electron chi connectivity index (χ4n) is 4.53. The molecule has 26 heavy (non-hydrogen) atoms. The van der Waals surface area contributed by atoms with Crippen LogP contribution < -0.4 is 4.90 Å². The molecule has 0 spiro atoms. The van der Waals surface area contributed by atoms with Crippen molar-refractivity contribution in [2.24, 2.45) is 0 Å². The summed E-state index contributed by atoms with van der Waals surface area (Å²) in [5, 5.41) is 0. The van der Waals surface area contributed by atoms with E-state index in [-0.39, 0.29) is 5.41 Å². The molecule has 0 amide bonds. The minimum atomic E-state index is 0.203. The first kappa shape index (κ1) is 15.7. The lowest BCUT2D eigenvalue weighted by Gasteiger charge is -2.21. The highest BCUT2D eigenvalue weighted by Gasteiger charge is 2.36. The summed E-state index contributed by atoms with van der Waals surface area (Å²) in [5.41, 5.74) is 10.0. The first-order chi connectivity index (χ1) is 12.5. The van der Waals surface area contributed by atoms with Crippen LogP contribution >= 0.6 is 0 Å². The highest BCUT2D eigenvalue weighted by molar-refractivity contribution is 5.79. The van der Waals surface area contributed by atoms with Gasteiger partial charge < -0.3 is 4.90 Å². The summed E-state index contributed by atoms with van der Waals surface area (Å²) < 4.78 is 0. The lowest BCUT2D eigenvalue weighted by Crippen LogP contribution is -2.22. The van der Waals surface area contributed by atoms with E-state index in [9.17, 15) is 0 Å². The van der Waals surface area contributed by atoms with Gasteiger partial charge in [0.05, 0.1) is 0 Å². The standard InChI is InChI=1S/C25H25N/c1-25(2,3)21-11-8-17(9-12-21)18-10-13-24-20(14-18)16-22-15-19-6-4-5-7-23(19)26(22)24/h4-14,22H,15-16H2,1-3H3. The Bertz CT molecular complexity index is 976. The molecule has 2 aliphatic rings. The smallest absolute Gasteiger partial charge is 0.0447 e. The van der Waals surface area contributed by atoms with Crippen LogP contribution in [-0.2, 0) is 18.3 Å². The number of anilines is 2. The van der Waals surface area contributed by atoms with E-state index in [0.29, 0.717) is 6.04 Å². The molecule has 0 fully saturated rings. The molecular weight excluding hydrogens is 314 g/mol. The second-order valence-electron chi connectivity index (χ2n) is 8.73. The third-order valence-electron chi connectivity index (χ3n) is 5.95. The Kier molecular flexibility index (Phi) is 3.31. The van der Waals surface area contributed by atoms with Gasteiger partial charge in [0.1, 0.15) is 0 Å². The number of hydrogen-bond acceptors (Lipinski definition) is 1. The second-order valence-corrected chi connectivity index (χ2v) is 8.73. The highest BCUT2D eigenvalue weighted by Crippen LogP contribution is 2.46. The SMILES string of the molecule is CC(C)(C)c1ccc(-c2ccc3c(c2)CC2Cc4ccccc4N32)cc1. The number of nitrogens with zero attached hydrogens (tertiary/aromatic N) is 1. The molecule has 1 unspecified atom stereocenters. The van der Waals surface area contributed by atoms with Crippen LogP contribution in [0, 0.1) is 0 Å². The number of hydrogen-bond donors (Lipinski definition) is 0. The third kappa shape index (κ3) is 2.38. The van der Waals surface area contributed by atoms with Crippen molar-refractivity contribution < 1.29 is 0 Å². The first-order valence-corrected chi connectivity index (χ1v) is 9.62. The Labute approximate surface area is 156 Å². The van der Waals surface area contributed by atoms with Crippen LogP contribution in [0.1, 0.15) is 37.5 Å². The number of benzene rings is 3. The van der Waals surface area contributed by atoms with Gasteiger partial charge >= 0.3 is 0 Å². The topological polar surface area (TPSA) is 3.24 Å². The van der Waals surface area contributed by atoms with Gasteiger partial charge in [-0.05, 0) is 64.3 Å². The van der Waals surface area contributed by atoms with Crippen LogP contribution in [-0.4, -0.2) is 6.04 Å². The normalized spacial score (nSPS) is 17.8. The average molecular weight is 339 g/mol. The Morgan fingerprint density at radius 3 is 2.15 bits per heavy atom. The van der Waals surface area contributed by atoms with Crippen molar-refractivity contribution in [3.05, 3.63) is 83.4 Å². The second kappa shape index (κ2) is 5.48. The molecule has 2 aliphatic heterocycles. The zero-order chi connectivity index (χ0) is 17.9. The molecule has 0 N–H and O–H groups in total. The van der Waals surface area contributed by atoms with E-state index < -0.39 is 0 Å². The van der Waals surface area contributed by atoms with Gasteiger partial charge in [-0.2, -0.15) is 0 Å². The van der Waals surface area contributed by atoms with Crippen LogP contribution in [0.15, 0.2) is 66.7 Å². The van der Waals surface area contributed by atoms with Crippen LogP contribution in [0.25, 0.3) is 11.1 Å². The maximum absolute atomic E-state index is 2.55. The summed E-state index contributed by atoms with van der Waals surface area (Å²) in [5.74, 6) is 0. The van der Waals surface area contributed by atoms with E-state index in [0.717, 1.165) is 6.42 Å². The summed E-state index contributed by atoms with van der Waals surface area (Å²) in [6.45, 7) is 6.80. The maximum atomic E-state index is 2.55. The van der Waals surface area contributed by atoms with Crippen LogP contribution in [0.4, 0.5) is 11.4 Å². The summed E-state index contributed by atoms with van der Waals surface area (Å²) in [6, 6.07) is 25.6. The van der Waals surface area contributed by atoms with Gasteiger partial charge in [-0.1, -0.05) is 69.3 Å². The summed E-state index contributed by atoms with van der Waals surface area (Å²) >= 11 is 0. The van der Waals surface area contributed by atoms with Gasteiger partial charge in [-0.25, -0.2) is 0 Å². The largest absolute Gasteiger partial charge is 0.337 e. The van der Waals surface area contributed by atoms with Crippen molar-refractivity contribution in [1.29, 1.82) is 0 Å². The number of para-hydroxylation sites is 1. The molecule has 0 aromatic heterocycles. The lowest BCUT2D eigenvalue weighted by molar-refractivity contribution is 0.590. The molecule has 1 nitrogen and oxygen atoms in total. The summed E-state index contributed by atoms with van der Waals surface area (Å²) in [6.07, 6.45) is 2.32. The Hall–Kier alpha value is -2.54. The molecule has 0 saturated heterocycles. The first-order valence-electron chi connectivity index (χ1n) is 9.62. The van der Waals surface area contributed by atoms with Crippen molar-refractivity contribution in [2.45, 2.75) is 45.1 Å². The minimum Gasteiger partial charge on any atom is -0.337 e. The van der Waals surface area contributed by atoms with E-state index in [4.69, 9.17) is 0 Å². The van der Waals surface area contributed by atoms with E-state index in [1.165, 1.54) is 45.6 Å². The Morgan fingerprint density at radius 1 is 0.731 bits per heavy atom. The fraction of sp³-hybridized carbons (Fsp3) is 0.280. The fourth-order valence-corrected chi connectivity index (χ4v) is 4.53. The molecule has 0 aliphatic carbocycles. The number of fused-ring (bicyclic) bond motifs is 5.